The molecule has 2 aromatic rings. The lowest BCUT2D eigenvalue weighted by molar-refractivity contribution is -0.159. The van der Waals surface area contributed by atoms with Crippen molar-refractivity contribution in [1.82, 2.24) is 20.2 Å². The van der Waals surface area contributed by atoms with Crippen LogP contribution in [0.2, 0.25) is 0 Å². The molecule has 1 aromatic heterocycles. The van der Waals surface area contributed by atoms with Gasteiger partial charge in [0.1, 0.15) is 29.9 Å². The predicted molar refractivity (Wildman–Crippen MR) is 121 cm³/mol. The van der Waals surface area contributed by atoms with E-state index >= 15 is 0 Å². The standard InChI is InChI=1S/C24H29F3N4O4/c1-23(2,3)35-22(33)30-13-18-28-11-16(12-29-18)14-6-8-15(9-7-14)19-17(10-25)31(21(32)20(26)27)24(4,5)34-19/h6-9,11-12,17,19-20H,10,13H2,1-5H3,(H,30,33)/t17-,19+/m0/s1. The SMILES string of the molecule is CC(C)(C)OC(=O)NCc1ncc(-c2ccc([C@H]3OC(C)(C)N(C(=O)C(F)F)[C@H]3CF)cc2)cn1. The summed E-state index contributed by atoms with van der Waals surface area (Å²) in [6.45, 7) is 7.28. The second kappa shape index (κ2) is 10.2. The first-order valence-corrected chi connectivity index (χ1v) is 11.1. The fraction of sp³-hybridized carbons (Fsp3) is 0.500. The summed E-state index contributed by atoms with van der Waals surface area (Å²) in [6.07, 6.45) is -1.54. The second-order valence-corrected chi connectivity index (χ2v) is 9.58. The second-order valence-electron chi connectivity index (χ2n) is 9.58. The van der Waals surface area contributed by atoms with Crippen molar-refractivity contribution in [2.24, 2.45) is 0 Å². The first kappa shape index (κ1) is 26.4. The zero-order chi connectivity index (χ0) is 26.0. The lowest BCUT2D eigenvalue weighted by atomic mass is 9.99. The number of rotatable bonds is 6. The molecule has 0 aliphatic carbocycles. The van der Waals surface area contributed by atoms with Crippen LogP contribution in [-0.4, -0.2) is 57.3 Å². The monoisotopic (exact) mass is 494 g/mol. The summed E-state index contributed by atoms with van der Waals surface area (Å²) in [6, 6.07) is 5.70. The summed E-state index contributed by atoms with van der Waals surface area (Å²) < 4.78 is 51.0. The molecule has 2 heterocycles. The zero-order valence-corrected chi connectivity index (χ0v) is 20.2. The Morgan fingerprint density at radius 2 is 1.74 bits per heavy atom. The number of halogens is 3. The maximum absolute atomic E-state index is 13.9. The largest absolute Gasteiger partial charge is 0.444 e. The Balaban J connectivity index is 1.70. The molecule has 0 radical (unpaired) electrons. The number of alkyl carbamates (subject to hydrolysis) is 1. The number of nitrogens with one attached hydrogen (secondary N) is 1. The molecule has 2 atom stereocenters. The van der Waals surface area contributed by atoms with Crippen LogP contribution in [0.4, 0.5) is 18.0 Å². The highest BCUT2D eigenvalue weighted by Gasteiger charge is 2.52. The van der Waals surface area contributed by atoms with Crippen LogP contribution in [0.25, 0.3) is 11.1 Å². The summed E-state index contributed by atoms with van der Waals surface area (Å²) >= 11 is 0. The molecule has 1 aliphatic heterocycles. The van der Waals surface area contributed by atoms with Crippen molar-refractivity contribution < 1.29 is 32.2 Å². The minimum absolute atomic E-state index is 0.0986. The van der Waals surface area contributed by atoms with Crippen molar-refractivity contribution in [2.75, 3.05) is 6.67 Å². The molecule has 1 saturated heterocycles. The highest BCUT2D eigenvalue weighted by Crippen LogP contribution is 2.42. The van der Waals surface area contributed by atoms with Crippen molar-refractivity contribution in [3.8, 4) is 11.1 Å². The number of carbonyl (C=O) groups excluding carboxylic acids is 2. The van der Waals surface area contributed by atoms with Crippen molar-refractivity contribution in [3.05, 3.63) is 48.0 Å². The number of benzene rings is 1. The van der Waals surface area contributed by atoms with Gasteiger partial charge in [0.2, 0.25) is 0 Å². The van der Waals surface area contributed by atoms with Gasteiger partial charge in [-0.2, -0.15) is 8.78 Å². The molecule has 1 fully saturated rings. The first-order chi connectivity index (χ1) is 16.3. The van der Waals surface area contributed by atoms with E-state index in [-0.39, 0.29) is 6.54 Å². The average Bonchev–Trinajstić information content (AvgIpc) is 3.06. The van der Waals surface area contributed by atoms with E-state index in [9.17, 15) is 22.8 Å². The number of hydrogen-bond donors (Lipinski definition) is 1. The van der Waals surface area contributed by atoms with E-state index in [2.05, 4.69) is 15.3 Å². The van der Waals surface area contributed by atoms with Gasteiger partial charge in [-0.3, -0.25) is 4.79 Å². The van der Waals surface area contributed by atoms with E-state index in [1.807, 2.05) is 0 Å². The van der Waals surface area contributed by atoms with E-state index in [1.54, 1.807) is 57.4 Å². The van der Waals surface area contributed by atoms with Crippen LogP contribution in [0.15, 0.2) is 36.7 Å². The Labute approximate surface area is 201 Å². The fourth-order valence-corrected chi connectivity index (χ4v) is 3.88. The molecule has 0 saturated carbocycles. The summed E-state index contributed by atoms with van der Waals surface area (Å²) in [5, 5.41) is 2.58. The molecule has 2 amide bonds. The van der Waals surface area contributed by atoms with Gasteiger partial charge >= 0.3 is 12.5 Å². The number of aromatic nitrogens is 2. The van der Waals surface area contributed by atoms with Crippen molar-refractivity contribution in [3.63, 3.8) is 0 Å². The van der Waals surface area contributed by atoms with E-state index < -0.39 is 48.6 Å². The molecule has 8 nitrogen and oxygen atoms in total. The molecular formula is C24H29F3N4O4. The normalized spacial score (nSPS) is 19.6. The molecule has 1 aliphatic rings. The smallest absolute Gasteiger partial charge is 0.408 e. The summed E-state index contributed by atoms with van der Waals surface area (Å²) in [4.78, 5) is 33.0. The zero-order valence-electron chi connectivity index (χ0n) is 20.2. The van der Waals surface area contributed by atoms with E-state index in [0.717, 1.165) is 10.5 Å². The Bertz CT molecular complexity index is 1040. The number of ether oxygens (including phenoxy) is 2. The van der Waals surface area contributed by atoms with Crippen LogP contribution in [0.5, 0.6) is 0 Å². The van der Waals surface area contributed by atoms with Gasteiger partial charge in [0.05, 0.1) is 12.6 Å². The third kappa shape index (κ3) is 6.27. The Kier molecular flexibility index (Phi) is 7.68. The maximum Gasteiger partial charge on any atom is 0.408 e. The van der Waals surface area contributed by atoms with Gasteiger partial charge in [-0.1, -0.05) is 24.3 Å². The molecule has 190 valence electrons. The van der Waals surface area contributed by atoms with E-state index in [4.69, 9.17) is 9.47 Å². The fourth-order valence-electron chi connectivity index (χ4n) is 3.88. The molecule has 3 rings (SSSR count). The van der Waals surface area contributed by atoms with Crippen LogP contribution in [0.1, 0.15) is 52.1 Å². The quantitative estimate of drug-likeness (QED) is 0.640. The van der Waals surface area contributed by atoms with Gasteiger partial charge in [-0.05, 0) is 45.7 Å². The third-order valence-corrected chi connectivity index (χ3v) is 5.33. The molecule has 35 heavy (non-hydrogen) atoms. The topological polar surface area (TPSA) is 93.7 Å². The third-order valence-electron chi connectivity index (χ3n) is 5.33. The van der Waals surface area contributed by atoms with E-state index in [0.29, 0.717) is 17.0 Å². The van der Waals surface area contributed by atoms with Crippen LogP contribution >= 0.6 is 0 Å². The number of amides is 2. The van der Waals surface area contributed by atoms with Crippen LogP contribution in [-0.2, 0) is 20.8 Å². The van der Waals surface area contributed by atoms with Gasteiger partial charge < -0.3 is 19.7 Å². The molecule has 0 unspecified atom stereocenters. The highest BCUT2D eigenvalue weighted by atomic mass is 19.3. The number of carbonyl (C=O) groups is 2. The van der Waals surface area contributed by atoms with Gasteiger partial charge in [0.25, 0.3) is 5.91 Å². The van der Waals surface area contributed by atoms with Crippen LogP contribution < -0.4 is 5.32 Å². The molecule has 1 aromatic carbocycles. The lowest BCUT2D eigenvalue weighted by Crippen LogP contribution is -2.51. The predicted octanol–water partition coefficient (Wildman–Crippen LogP) is 4.41. The number of hydrogen-bond acceptors (Lipinski definition) is 6. The van der Waals surface area contributed by atoms with Gasteiger partial charge in [-0.25, -0.2) is 19.2 Å². The Morgan fingerprint density at radius 3 is 2.26 bits per heavy atom. The van der Waals surface area contributed by atoms with Gasteiger partial charge in [0.15, 0.2) is 0 Å². The highest BCUT2D eigenvalue weighted by molar-refractivity contribution is 5.80. The van der Waals surface area contributed by atoms with Crippen molar-refractivity contribution in [2.45, 2.75) is 71.1 Å². The molecule has 1 N–H and O–H groups in total. The lowest BCUT2D eigenvalue weighted by Gasteiger charge is -2.32. The van der Waals surface area contributed by atoms with E-state index in [1.165, 1.54) is 13.8 Å². The molecular weight excluding hydrogens is 465 g/mol. The van der Waals surface area contributed by atoms with Gasteiger partial charge in [0, 0.05) is 18.0 Å². The van der Waals surface area contributed by atoms with Crippen molar-refractivity contribution in [1.29, 1.82) is 0 Å². The van der Waals surface area contributed by atoms with Crippen LogP contribution in [0.3, 0.4) is 0 Å². The Morgan fingerprint density at radius 1 is 1.14 bits per heavy atom. The molecule has 0 bridgehead atoms. The minimum atomic E-state index is -3.25. The van der Waals surface area contributed by atoms with Crippen molar-refractivity contribution >= 4 is 12.0 Å². The molecule has 0 spiro atoms. The van der Waals surface area contributed by atoms with Crippen LogP contribution in [0, 0.1) is 0 Å². The number of nitrogens with zero attached hydrogens (tertiary/aromatic N) is 3. The Hall–Kier alpha value is -3.21. The van der Waals surface area contributed by atoms with Gasteiger partial charge in [-0.15, -0.1) is 0 Å². The first-order valence-electron chi connectivity index (χ1n) is 11.1. The number of alkyl halides is 3. The minimum Gasteiger partial charge on any atom is -0.444 e. The summed E-state index contributed by atoms with van der Waals surface area (Å²) in [5.41, 5.74) is 0.0103. The summed E-state index contributed by atoms with van der Waals surface area (Å²) in [7, 11) is 0. The maximum atomic E-state index is 13.9. The summed E-state index contributed by atoms with van der Waals surface area (Å²) in [5.74, 6) is -1.07. The average molecular weight is 495 g/mol. The molecule has 11 heteroatoms.